The van der Waals surface area contributed by atoms with E-state index in [-0.39, 0.29) is 9.88 Å². The maximum Gasteiger partial charge on any atom is 0.241 e. The fraction of sp³-hybridized carbons (Fsp3) is 0.364. The summed E-state index contributed by atoms with van der Waals surface area (Å²) in [4.78, 5) is 0.183. The zero-order chi connectivity index (χ0) is 13.3. The third-order valence-corrected chi connectivity index (χ3v) is 3.92. The Bertz CT molecular complexity index is 531. The van der Waals surface area contributed by atoms with Gasteiger partial charge in [0, 0.05) is 11.1 Å². The molecule has 0 amide bonds. The van der Waals surface area contributed by atoms with Gasteiger partial charge in [0.1, 0.15) is 4.99 Å². The molecule has 1 aromatic rings. The normalized spacial score (nSPS) is 12.4. The summed E-state index contributed by atoms with van der Waals surface area (Å²) < 4.78 is 26.9. The van der Waals surface area contributed by atoms with Crippen LogP contribution in [0.2, 0.25) is 0 Å². The van der Waals surface area contributed by atoms with Gasteiger partial charge in [-0.15, -0.1) is 0 Å². The van der Waals surface area contributed by atoms with Crippen LogP contribution in [-0.4, -0.2) is 18.9 Å². The lowest BCUT2D eigenvalue weighted by atomic mass is 10.1. The monoisotopic (exact) mass is 272 g/mol. The van der Waals surface area contributed by atoms with Gasteiger partial charge < -0.3 is 5.73 Å². The van der Waals surface area contributed by atoms with Gasteiger partial charge in [-0.3, -0.25) is 0 Å². The summed E-state index contributed by atoms with van der Waals surface area (Å²) in [6.45, 7) is 5.32. The molecule has 0 fully saturated rings. The van der Waals surface area contributed by atoms with Crippen molar-refractivity contribution in [1.29, 1.82) is 0 Å². The van der Waals surface area contributed by atoms with E-state index in [2.05, 4.69) is 4.72 Å². The largest absolute Gasteiger partial charge is 0.389 e. The van der Waals surface area contributed by atoms with Gasteiger partial charge in [-0.2, -0.15) is 0 Å². The van der Waals surface area contributed by atoms with E-state index in [1.807, 2.05) is 0 Å². The van der Waals surface area contributed by atoms with Crippen molar-refractivity contribution in [2.24, 2.45) is 5.73 Å². The summed E-state index contributed by atoms with van der Waals surface area (Å²) in [5.41, 5.74) is 5.32. The molecule has 0 aliphatic rings. The molecule has 6 heteroatoms. The average molecular weight is 272 g/mol. The number of rotatable bonds is 3. The van der Waals surface area contributed by atoms with Crippen molar-refractivity contribution in [3.05, 3.63) is 29.8 Å². The van der Waals surface area contributed by atoms with Gasteiger partial charge in [0.2, 0.25) is 10.0 Å². The molecule has 0 saturated carbocycles. The molecule has 0 aliphatic heterocycles. The molecule has 3 N–H and O–H groups in total. The van der Waals surface area contributed by atoms with Crippen LogP contribution in [0.15, 0.2) is 29.2 Å². The lowest BCUT2D eigenvalue weighted by Gasteiger charge is -2.21. The van der Waals surface area contributed by atoms with Gasteiger partial charge in [0.05, 0.1) is 4.90 Å². The first-order valence-electron chi connectivity index (χ1n) is 5.06. The van der Waals surface area contributed by atoms with Gasteiger partial charge in [0.25, 0.3) is 0 Å². The minimum atomic E-state index is -3.61. The number of sulfonamides is 1. The van der Waals surface area contributed by atoms with Gasteiger partial charge >= 0.3 is 0 Å². The van der Waals surface area contributed by atoms with Crippen LogP contribution >= 0.6 is 12.2 Å². The zero-order valence-corrected chi connectivity index (χ0v) is 11.7. The molecule has 4 nitrogen and oxygen atoms in total. The molecule has 1 aromatic carbocycles. The number of benzene rings is 1. The number of hydrogen-bond donors (Lipinski definition) is 2. The lowest BCUT2D eigenvalue weighted by molar-refractivity contribution is 0.491. The minimum absolute atomic E-state index is 0.0693. The molecule has 0 aliphatic carbocycles. The van der Waals surface area contributed by atoms with E-state index in [1.54, 1.807) is 39.0 Å². The summed E-state index contributed by atoms with van der Waals surface area (Å²) in [5.74, 6) is 0. The third-order valence-electron chi connectivity index (χ3n) is 1.88. The Hall–Kier alpha value is -0.980. The molecule has 0 aromatic heterocycles. The first-order chi connectivity index (χ1) is 7.63. The Balaban J connectivity index is 3.30. The van der Waals surface area contributed by atoms with E-state index < -0.39 is 15.6 Å². The van der Waals surface area contributed by atoms with Gasteiger partial charge in [-0.05, 0) is 26.8 Å². The Morgan fingerprint density at radius 3 is 2.29 bits per heavy atom. The Morgan fingerprint density at radius 1 is 1.29 bits per heavy atom. The van der Waals surface area contributed by atoms with Crippen molar-refractivity contribution in [3.8, 4) is 0 Å². The standard InChI is InChI=1S/C11H16N2O2S2/c1-11(2,3)13-17(14,15)9-7-5-4-6-8(9)10(12)16/h4-7,13H,1-3H3,(H2,12,16). The molecule has 0 saturated heterocycles. The van der Waals surface area contributed by atoms with Gasteiger partial charge in [-0.1, -0.05) is 30.4 Å². The molecular formula is C11H16N2O2S2. The van der Waals surface area contributed by atoms with Crippen LogP contribution in [-0.2, 0) is 10.0 Å². The first kappa shape index (κ1) is 14.1. The maximum absolute atomic E-state index is 12.1. The van der Waals surface area contributed by atoms with Crippen LogP contribution in [0.1, 0.15) is 26.3 Å². The Labute approximate surface area is 107 Å². The Kier molecular flexibility index (Phi) is 3.91. The number of thiocarbonyl (C=S) groups is 1. The molecule has 17 heavy (non-hydrogen) atoms. The molecule has 0 spiro atoms. The van der Waals surface area contributed by atoms with Crippen LogP contribution < -0.4 is 10.5 Å². The third kappa shape index (κ3) is 3.76. The van der Waals surface area contributed by atoms with Gasteiger partial charge in [0.15, 0.2) is 0 Å². The summed E-state index contributed by atoms with van der Waals surface area (Å²) in [6.07, 6.45) is 0. The van der Waals surface area contributed by atoms with Crippen LogP contribution in [0.4, 0.5) is 0 Å². The SMILES string of the molecule is CC(C)(C)NS(=O)(=O)c1ccccc1C(N)=S. The molecule has 0 unspecified atom stereocenters. The average Bonchev–Trinajstić information content (AvgIpc) is 2.14. The van der Waals surface area contributed by atoms with Crippen molar-refractivity contribution in [2.75, 3.05) is 0 Å². The maximum atomic E-state index is 12.1. The highest BCUT2D eigenvalue weighted by atomic mass is 32.2. The van der Waals surface area contributed by atoms with E-state index >= 15 is 0 Å². The van der Waals surface area contributed by atoms with Crippen LogP contribution in [0, 0.1) is 0 Å². The van der Waals surface area contributed by atoms with E-state index in [4.69, 9.17) is 18.0 Å². The van der Waals surface area contributed by atoms with Crippen molar-refractivity contribution in [3.63, 3.8) is 0 Å². The Morgan fingerprint density at radius 2 is 1.82 bits per heavy atom. The lowest BCUT2D eigenvalue weighted by Crippen LogP contribution is -2.41. The molecule has 0 atom stereocenters. The van der Waals surface area contributed by atoms with E-state index in [1.165, 1.54) is 6.07 Å². The minimum Gasteiger partial charge on any atom is -0.389 e. The highest BCUT2D eigenvalue weighted by Crippen LogP contribution is 2.17. The second-order valence-corrected chi connectivity index (χ2v) is 6.81. The number of nitrogens with two attached hydrogens (primary N) is 1. The van der Waals surface area contributed by atoms with E-state index in [0.29, 0.717) is 5.56 Å². The molecule has 0 bridgehead atoms. The van der Waals surface area contributed by atoms with Crippen LogP contribution in [0.3, 0.4) is 0 Å². The van der Waals surface area contributed by atoms with Crippen molar-refractivity contribution in [1.82, 2.24) is 4.72 Å². The van der Waals surface area contributed by atoms with E-state index in [0.717, 1.165) is 0 Å². The second kappa shape index (κ2) is 4.72. The van der Waals surface area contributed by atoms with E-state index in [9.17, 15) is 8.42 Å². The topological polar surface area (TPSA) is 72.2 Å². The van der Waals surface area contributed by atoms with Crippen molar-refractivity contribution in [2.45, 2.75) is 31.2 Å². The van der Waals surface area contributed by atoms with Crippen LogP contribution in [0.25, 0.3) is 0 Å². The summed E-state index contributed by atoms with van der Waals surface area (Å²) in [7, 11) is -3.61. The summed E-state index contributed by atoms with van der Waals surface area (Å²) in [5, 5.41) is 0. The molecule has 0 radical (unpaired) electrons. The molecule has 94 valence electrons. The van der Waals surface area contributed by atoms with Crippen molar-refractivity contribution >= 4 is 27.2 Å². The van der Waals surface area contributed by atoms with Crippen LogP contribution in [0.5, 0.6) is 0 Å². The first-order valence-corrected chi connectivity index (χ1v) is 6.95. The summed E-state index contributed by atoms with van der Waals surface area (Å²) in [6, 6.07) is 6.42. The predicted octanol–water partition coefficient (Wildman–Crippen LogP) is 1.40. The fourth-order valence-corrected chi connectivity index (χ4v) is 3.25. The van der Waals surface area contributed by atoms with Gasteiger partial charge in [-0.25, -0.2) is 13.1 Å². The smallest absolute Gasteiger partial charge is 0.241 e. The second-order valence-electron chi connectivity index (χ2n) is 4.72. The quantitative estimate of drug-likeness (QED) is 0.816. The number of nitrogens with one attached hydrogen (secondary N) is 1. The molecular weight excluding hydrogens is 256 g/mol. The fourth-order valence-electron chi connectivity index (χ4n) is 1.36. The highest BCUT2D eigenvalue weighted by Gasteiger charge is 2.24. The predicted molar refractivity (Wildman–Crippen MR) is 72.4 cm³/mol. The molecule has 1 rings (SSSR count). The number of hydrogen-bond acceptors (Lipinski definition) is 3. The highest BCUT2D eigenvalue weighted by molar-refractivity contribution is 7.89. The zero-order valence-electron chi connectivity index (χ0n) is 10.0. The summed E-state index contributed by atoms with van der Waals surface area (Å²) >= 11 is 4.85. The molecule has 0 heterocycles. The van der Waals surface area contributed by atoms with Crippen molar-refractivity contribution < 1.29 is 8.42 Å².